The molecule has 15 heteroatoms. The molecule has 5 rings (SSSR count). The van der Waals surface area contributed by atoms with Crippen LogP contribution < -0.4 is 25.8 Å². The lowest BCUT2D eigenvalue weighted by Crippen LogP contribution is -2.40. The molecule has 0 bridgehead atoms. The summed E-state index contributed by atoms with van der Waals surface area (Å²) >= 11 is 0. The van der Waals surface area contributed by atoms with Crippen molar-refractivity contribution in [2.75, 3.05) is 17.2 Å². The number of hydrogen-bond donors (Lipinski definition) is 4. The highest BCUT2D eigenvalue weighted by atomic mass is 19.4. The van der Waals surface area contributed by atoms with Gasteiger partial charge in [0.25, 0.3) is 11.8 Å². The number of carbonyl (C=O) groups excluding carboxylic acids is 3. The number of aliphatic carboxylic acids is 1. The predicted octanol–water partition coefficient (Wildman–Crippen LogP) is 3.64. The van der Waals surface area contributed by atoms with Gasteiger partial charge in [-0.25, -0.2) is 9.48 Å². The Balaban J connectivity index is 0.000000541. The Labute approximate surface area is 240 Å². The van der Waals surface area contributed by atoms with Crippen molar-refractivity contribution < 1.29 is 46.9 Å². The number of anilines is 2. The first-order valence-corrected chi connectivity index (χ1v) is 12.3. The molecule has 3 aromatic carbocycles. The maximum absolute atomic E-state index is 13.0. The van der Waals surface area contributed by atoms with Crippen LogP contribution in [0.25, 0.3) is 5.69 Å². The summed E-state index contributed by atoms with van der Waals surface area (Å²) in [6, 6.07) is 20.3. The number of fused-ring (bicyclic) bond motifs is 1. The SMILES string of the molecule is NC(=O)c1cccc(NC(=O)c2ccccc2-n2cc(NC(=O)C3COc4ccccc4O3)cn2)c1.O=C(O)C(F)(F)F. The number of carboxylic acids is 1. The summed E-state index contributed by atoms with van der Waals surface area (Å²) in [4.78, 5) is 46.1. The first kappa shape index (κ1) is 30.1. The summed E-state index contributed by atoms with van der Waals surface area (Å²) in [5, 5.41) is 17.0. The van der Waals surface area contributed by atoms with Gasteiger partial charge in [0.2, 0.25) is 12.0 Å². The molecule has 1 aliphatic rings. The lowest BCUT2D eigenvalue weighted by Gasteiger charge is -2.25. The maximum atomic E-state index is 13.0. The van der Waals surface area contributed by atoms with Crippen molar-refractivity contribution >= 4 is 35.1 Å². The van der Waals surface area contributed by atoms with E-state index in [-0.39, 0.29) is 18.1 Å². The van der Waals surface area contributed by atoms with Crippen LogP contribution in [0.4, 0.5) is 24.5 Å². The van der Waals surface area contributed by atoms with Gasteiger partial charge in [-0.2, -0.15) is 18.3 Å². The molecule has 12 nitrogen and oxygen atoms in total. The highest BCUT2D eigenvalue weighted by molar-refractivity contribution is 6.07. The van der Waals surface area contributed by atoms with Crippen LogP contribution in [0, 0.1) is 0 Å². The number of halogens is 3. The third-order valence-electron chi connectivity index (χ3n) is 5.69. The number of nitrogens with two attached hydrogens (primary N) is 1. The number of nitrogens with one attached hydrogen (secondary N) is 2. The lowest BCUT2D eigenvalue weighted by atomic mass is 10.1. The molecule has 4 aromatic rings. The van der Waals surface area contributed by atoms with Crippen LogP contribution in [0.1, 0.15) is 20.7 Å². The van der Waals surface area contributed by atoms with E-state index in [9.17, 15) is 27.6 Å². The molecule has 3 amide bonds. The summed E-state index contributed by atoms with van der Waals surface area (Å²) in [5.74, 6) is -3.05. The highest BCUT2D eigenvalue weighted by Gasteiger charge is 2.38. The Kier molecular flexibility index (Phi) is 8.93. The third kappa shape index (κ3) is 7.66. The zero-order chi connectivity index (χ0) is 31.1. The second-order valence-corrected chi connectivity index (χ2v) is 8.75. The third-order valence-corrected chi connectivity index (χ3v) is 5.69. The number of para-hydroxylation sites is 3. The number of rotatable bonds is 6. The van der Waals surface area contributed by atoms with E-state index in [0.717, 1.165) is 0 Å². The normalized spacial score (nSPS) is 13.6. The molecule has 1 aliphatic heterocycles. The Morgan fingerprint density at radius 2 is 1.60 bits per heavy atom. The van der Waals surface area contributed by atoms with Crippen LogP contribution in [-0.4, -0.2) is 57.5 Å². The van der Waals surface area contributed by atoms with Crippen LogP contribution in [0.15, 0.2) is 85.2 Å². The molecule has 0 saturated heterocycles. The number of ether oxygens (including phenoxy) is 2. The number of carbonyl (C=O) groups is 4. The van der Waals surface area contributed by atoms with Gasteiger partial charge in [-0.15, -0.1) is 0 Å². The average Bonchev–Trinajstić information content (AvgIpc) is 3.45. The highest BCUT2D eigenvalue weighted by Crippen LogP contribution is 2.31. The number of hydrogen-bond acceptors (Lipinski definition) is 7. The molecule has 2 heterocycles. The smallest absolute Gasteiger partial charge is 0.485 e. The lowest BCUT2D eigenvalue weighted by molar-refractivity contribution is -0.192. The number of carboxylic acid groups (broad SMARTS) is 1. The van der Waals surface area contributed by atoms with Crippen LogP contribution in [0.2, 0.25) is 0 Å². The van der Waals surface area contributed by atoms with E-state index in [1.807, 2.05) is 6.07 Å². The van der Waals surface area contributed by atoms with Gasteiger partial charge in [-0.05, 0) is 42.5 Å². The van der Waals surface area contributed by atoms with Crippen LogP contribution >= 0.6 is 0 Å². The van der Waals surface area contributed by atoms with E-state index in [2.05, 4.69) is 15.7 Å². The molecule has 1 unspecified atom stereocenters. The second-order valence-electron chi connectivity index (χ2n) is 8.75. The van der Waals surface area contributed by atoms with E-state index in [1.54, 1.807) is 66.9 Å². The summed E-state index contributed by atoms with van der Waals surface area (Å²) in [5.41, 5.74) is 7.28. The fourth-order valence-electron chi connectivity index (χ4n) is 3.70. The van der Waals surface area contributed by atoms with Crippen molar-refractivity contribution in [1.82, 2.24) is 9.78 Å². The number of nitrogens with zero attached hydrogens (tertiary/aromatic N) is 2. The summed E-state index contributed by atoms with van der Waals surface area (Å²) in [7, 11) is 0. The van der Waals surface area contributed by atoms with E-state index in [1.165, 1.54) is 16.9 Å². The van der Waals surface area contributed by atoms with Crippen molar-refractivity contribution in [3.63, 3.8) is 0 Å². The zero-order valence-electron chi connectivity index (χ0n) is 21.9. The topological polar surface area (TPSA) is 175 Å². The van der Waals surface area contributed by atoms with Crippen LogP contribution in [0.5, 0.6) is 11.5 Å². The molecular weight excluding hydrogens is 575 g/mol. The van der Waals surface area contributed by atoms with Gasteiger partial charge < -0.3 is 30.9 Å². The zero-order valence-corrected chi connectivity index (χ0v) is 21.9. The summed E-state index contributed by atoms with van der Waals surface area (Å²) in [6.07, 6.45) is -2.84. The van der Waals surface area contributed by atoms with Gasteiger partial charge in [0.05, 0.1) is 29.3 Å². The molecule has 0 spiro atoms. The number of primary amides is 1. The Hall–Kier alpha value is -5.86. The van der Waals surface area contributed by atoms with Gasteiger partial charge in [0.15, 0.2) is 11.5 Å². The Bertz CT molecular complexity index is 1670. The number of aromatic nitrogens is 2. The summed E-state index contributed by atoms with van der Waals surface area (Å²) in [6.45, 7) is 0.0803. The maximum Gasteiger partial charge on any atom is 0.490 e. The van der Waals surface area contributed by atoms with Gasteiger partial charge in [0, 0.05) is 11.3 Å². The van der Waals surface area contributed by atoms with E-state index in [0.29, 0.717) is 34.1 Å². The van der Waals surface area contributed by atoms with Crippen molar-refractivity contribution in [3.8, 4) is 17.2 Å². The molecule has 1 aromatic heterocycles. The van der Waals surface area contributed by atoms with Crippen LogP contribution in [-0.2, 0) is 9.59 Å². The van der Waals surface area contributed by atoms with Gasteiger partial charge in [0.1, 0.15) is 6.61 Å². The number of amides is 3. The molecule has 0 aliphatic carbocycles. The molecule has 5 N–H and O–H groups in total. The fraction of sp³-hybridized carbons (Fsp3) is 0.107. The molecule has 0 radical (unpaired) electrons. The number of alkyl halides is 3. The van der Waals surface area contributed by atoms with Crippen molar-refractivity contribution in [2.24, 2.45) is 5.73 Å². The molecule has 0 saturated carbocycles. The van der Waals surface area contributed by atoms with Crippen LogP contribution in [0.3, 0.4) is 0 Å². The quantitative estimate of drug-likeness (QED) is 0.261. The van der Waals surface area contributed by atoms with Gasteiger partial charge >= 0.3 is 12.1 Å². The first-order valence-electron chi connectivity index (χ1n) is 12.3. The molecule has 0 fully saturated rings. The molecular formula is C28H22F3N5O7. The number of benzene rings is 3. The minimum absolute atomic E-state index is 0.0803. The van der Waals surface area contributed by atoms with E-state index < -0.39 is 30.1 Å². The Morgan fingerprint density at radius 1 is 0.930 bits per heavy atom. The second kappa shape index (κ2) is 12.8. The molecule has 222 valence electrons. The Morgan fingerprint density at radius 3 is 2.30 bits per heavy atom. The molecule has 43 heavy (non-hydrogen) atoms. The van der Waals surface area contributed by atoms with E-state index in [4.69, 9.17) is 25.1 Å². The van der Waals surface area contributed by atoms with Crippen molar-refractivity contribution in [1.29, 1.82) is 0 Å². The first-order chi connectivity index (χ1) is 20.4. The van der Waals surface area contributed by atoms with Crippen molar-refractivity contribution in [2.45, 2.75) is 12.3 Å². The fourth-order valence-corrected chi connectivity index (χ4v) is 3.70. The standard InChI is InChI=1S/C26H21N5O5.C2HF3O2/c27-24(32)16-6-5-7-17(12-16)29-25(33)19-8-1-2-9-20(19)31-14-18(13-28-31)30-26(34)23-15-35-21-10-3-4-11-22(21)36-23;3-2(4,5)1(6)7/h1-14,23H,15H2,(H2,27,32)(H,29,33)(H,30,34);(H,6,7). The largest absolute Gasteiger partial charge is 0.490 e. The minimum Gasteiger partial charge on any atom is -0.485 e. The van der Waals surface area contributed by atoms with Gasteiger partial charge in [-0.3, -0.25) is 14.4 Å². The van der Waals surface area contributed by atoms with E-state index >= 15 is 0 Å². The van der Waals surface area contributed by atoms with Crippen molar-refractivity contribution in [3.05, 3.63) is 96.3 Å². The summed E-state index contributed by atoms with van der Waals surface area (Å²) < 4.78 is 44.6. The minimum atomic E-state index is -5.08. The average molecular weight is 598 g/mol. The predicted molar refractivity (Wildman–Crippen MR) is 145 cm³/mol. The molecule has 1 atom stereocenters. The monoisotopic (exact) mass is 597 g/mol. The van der Waals surface area contributed by atoms with Gasteiger partial charge in [-0.1, -0.05) is 30.3 Å².